The predicted molar refractivity (Wildman–Crippen MR) is 116 cm³/mol. The van der Waals surface area contributed by atoms with E-state index in [9.17, 15) is 9.59 Å². The number of aryl methyl sites for hydroxylation is 1. The van der Waals surface area contributed by atoms with E-state index >= 15 is 0 Å². The molecule has 2 amide bonds. The molecule has 0 aliphatic carbocycles. The zero-order valence-corrected chi connectivity index (χ0v) is 17.8. The lowest BCUT2D eigenvalue weighted by Gasteiger charge is -2.37. The number of rotatable bonds is 4. The van der Waals surface area contributed by atoms with Crippen LogP contribution < -0.4 is 19.3 Å². The van der Waals surface area contributed by atoms with Crippen molar-refractivity contribution in [3.8, 4) is 11.5 Å². The highest BCUT2D eigenvalue weighted by atomic mass is 35.5. The number of piperazine rings is 1. The van der Waals surface area contributed by atoms with Crippen molar-refractivity contribution in [2.45, 2.75) is 6.92 Å². The molecule has 158 valence electrons. The minimum atomic E-state index is -0.202. The van der Waals surface area contributed by atoms with Gasteiger partial charge in [-0.05, 0) is 36.8 Å². The third kappa shape index (κ3) is 4.03. The van der Waals surface area contributed by atoms with Gasteiger partial charge >= 0.3 is 0 Å². The standard InChI is InChI=1S/C22H24ClN3O4/c1-15-3-6-18-20(11-15)30-14-22(28)26(18)13-21(27)25-9-7-24(8-10-25)16-4-5-17(23)19(12-16)29-2/h3-6,11-12H,7-10,13-14H2,1-2H3. The molecule has 0 saturated carbocycles. The number of fused-ring (bicyclic) bond motifs is 1. The van der Waals surface area contributed by atoms with E-state index in [2.05, 4.69) is 4.90 Å². The summed E-state index contributed by atoms with van der Waals surface area (Å²) in [5, 5.41) is 0.570. The summed E-state index contributed by atoms with van der Waals surface area (Å²) in [6.45, 7) is 4.51. The molecule has 2 aromatic carbocycles. The molecular formula is C22H24ClN3O4. The van der Waals surface area contributed by atoms with Crippen LogP contribution in [0.4, 0.5) is 11.4 Å². The molecule has 8 heteroatoms. The fraction of sp³-hybridized carbons (Fsp3) is 0.364. The Hall–Kier alpha value is -2.93. The molecule has 7 nitrogen and oxygen atoms in total. The second-order valence-electron chi connectivity index (χ2n) is 7.43. The topological polar surface area (TPSA) is 62.3 Å². The summed E-state index contributed by atoms with van der Waals surface area (Å²) in [6, 6.07) is 11.3. The zero-order valence-electron chi connectivity index (χ0n) is 17.1. The van der Waals surface area contributed by atoms with Gasteiger partial charge in [0.1, 0.15) is 18.0 Å². The number of methoxy groups -OCH3 is 1. The first-order valence-corrected chi connectivity index (χ1v) is 10.2. The molecule has 0 spiro atoms. The second kappa shape index (κ2) is 8.44. The number of carbonyl (C=O) groups excluding carboxylic acids is 2. The predicted octanol–water partition coefficient (Wildman–Crippen LogP) is 2.73. The van der Waals surface area contributed by atoms with Crippen LogP contribution in [-0.4, -0.2) is 63.2 Å². The van der Waals surface area contributed by atoms with Gasteiger partial charge in [0.05, 0.1) is 17.8 Å². The number of ether oxygens (including phenoxy) is 2. The molecule has 0 aromatic heterocycles. The summed E-state index contributed by atoms with van der Waals surface area (Å²) >= 11 is 6.11. The van der Waals surface area contributed by atoms with Gasteiger partial charge in [-0.25, -0.2) is 0 Å². The van der Waals surface area contributed by atoms with Gasteiger partial charge in [-0.15, -0.1) is 0 Å². The molecule has 2 aliphatic heterocycles. The van der Waals surface area contributed by atoms with Gasteiger partial charge in [0.25, 0.3) is 5.91 Å². The third-order valence-corrected chi connectivity index (χ3v) is 5.80. The summed E-state index contributed by atoms with van der Waals surface area (Å²) in [5.41, 5.74) is 2.71. The van der Waals surface area contributed by atoms with Gasteiger partial charge < -0.3 is 19.3 Å². The number of amides is 2. The maximum absolute atomic E-state index is 12.9. The SMILES string of the molecule is COc1cc(N2CCN(C(=O)CN3C(=O)COc4cc(C)ccc43)CC2)ccc1Cl. The highest BCUT2D eigenvalue weighted by molar-refractivity contribution is 6.32. The van der Waals surface area contributed by atoms with E-state index in [0.29, 0.717) is 48.4 Å². The van der Waals surface area contributed by atoms with E-state index in [1.165, 1.54) is 4.90 Å². The Morgan fingerprint density at radius 2 is 1.90 bits per heavy atom. The van der Waals surface area contributed by atoms with E-state index in [-0.39, 0.29) is 25.0 Å². The fourth-order valence-corrected chi connectivity index (χ4v) is 3.97. The molecule has 2 heterocycles. The van der Waals surface area contributed by atoms with Crippen LogP contribution in [0.5, 0.6) is 11.5 Å². The maximum atomic E-state index is 12.9. The maximum Gasteiger partial charge on any atom is 0.265 e. The third-order valence-electron chi connectivity index (χ3n) is 5.48. The molecular weight excluding hydrogens is 406 g/mol. The van der Waals surface area contributed by atoms with Crippen LogP contribution in [-0.2, 0) is 9.59 Å². The van der Waals surface area contributed by atoms with Crippen molar-refractivity contribution >= 4 is 34.8 Å². The first-order valence-electron chi connectivity index (χ1n) is 9.86. The molecule has 0 atom stereocenters. The summed E-state index contributed by atoms with van der Waals surface area (Å²) in [4.78, 5) is 30.8. The van der Waals surface area contributed by atoms with Crippen LogP contribution in [0, 0.1) is 6.92 Å². The lowest BCUT2D eigenvalue weighted by Crippen LogP contribution is -2.53. The van der Waals surface area contributed by atoms with Crippen molar-refractivity contribution < 1.29 is 19.1 Å². The number of hydrogen-bond donors (Lipinski definition) is 0. The highest BCUT2D eigenvalue weighted by Gasteiger charge is 2.30. The Labute approximate surface area is 180 Å². The van der Waals surface area contributed by atoms with Gasteiger partial charge in [0.15, 0.2) is 6.61 Å². The molecule has 1 saturated heterocycles. The van der Waals surface area contributed by atoms with Gasteiger partial charge in [-0.3, -0.25) is 14.5 Å². The van der Waals surface area contributed by atoms with E-state index < -0.39 is 0 Å². The van der Waals surface area contributed by atoms with Crippen molar-refractivity contribution in [3.05, 3.63) is 47.0 Å². The van der Waals surface area contributed by atoms with Crippen molar-refractivity contribution in [1.82, 2.24) is 4.90 Å². The number of halogens is 1. The van der Waals surface area contributed by atoms with E-state index in [0.717, 1.165) is 11.3 Å². The van der Waals surface area contributed by atoms with Crippen molar-refractivity contribution in [1.29, 1.82) is 0 Å². The Morgan fingerprint density at radius 3 is 2.63 bits per heavy atom. The Balaban J connectivity index is 1.40. The molecule has 0 unspecified atom stereocenters. The molecule has 30 heavy (non-hydrogen) atoms. The normalized spacial score (nSPS) is 16.2. The second-order valence-corrected chi connectivity index (χ2v) is 7.83. The Bertz CT molecular complexity index is 973. The van der Waals surface area contributed by atoms with Crippen molar-refractivity contribution in [2.75, 3.05) is 56.2 Å². The number of anilines is 2. The number of carbonyl (C=O) groups is 2. The molecule has 1 fully saturated rings. The summed E-state index contributed by atoms with van der Waals surface area (Å²) in [7, 11) is 1.59. The van der Waals surface area contributed by atoms with Gasteiger partial charge in [-0.1, -0.05) is 17.7 Å². The monoisotopic (exact) mass is 429 g/mol. The minimum absolute atomic E-state index is 0.0209. The molecule has 0 N–H and O–H groups in total. The van der Waals surface area contributed by atoms with Gasteiger partial charge in [-0.2, -0.15) is 0 Å². The Kier molecular flexibility index (Phi) is 5.72. The van der Waals surface area contributed by atoms with Gasteiger partial charge in [0.2, 0.25) is 5.91 Å². The molecule has 4 rings (SSSR count). The van der Waals surface area contributed by atoms with Crippen molar-refractivity contribution in [2.24, 2.45) is 0 Å². The van der Waals surface area contributed by atoms with Crippen LogP contribution in [0.2, 0.25) is 5.02 Å². The average Bonchev–Trinajstić information content (AvgIpc) is 2.76. The quantitative estimate of drug-likeness (QED) is 0.747. The lowest BCUT2D eigenvalue weighted by atomic mass is 10.1. The highest BCUT2D eigenvalue weighted by Crippen LogP contribution is 2.33. The number of hydrogen-bond acceptors (Lipinski definition) is 5. The lowest BCUT2D eigenvalue weighted by molar-refractivity contribution is -0.132. The van der Waals surface area contributed by atoms with E-state index in [1.807, 2.05) is 43.3 Å². The number of nitrogens with zero attached hydrogens (tertiary/aromatic N) is 3. The van der Waals surface area contributed by atoms with Crippen LogP contribution >= 0.6 is 11.6 Å². The first kappa shape index (κ1) is 20.3. The van der Waals surface area contributed by atoms with E-state index in [1.54, 1.807) is 12.0 Å². The molecule has 0 radical (unpaired) electrons. The van der Waals surface area contributed by atoms with Crippen LogP contribution in [0.25, 0.3) is 0 Å². The smallest absolute Gasteiger partial charge is 0.265 e. The zero-order chi connectivity index (χ0) is 21.3. The number of benzene rings is 2. The van der Waals surface area contributed by atoms with Crippen LogP contribution in [0.3, 0.4) is 0 Å². The minimum Gasteiger partial charge on any atom is -0.495 e. The van der Waals surface area contributed by atoms with Gasteiger partial charge in [0, 0.05) is 37.9 Å². The molecule has 2 aromatic rings. The van der Waals surface area contributed by atoms with Crippen LogP contribution in [0.15, 0.2) is 36.4 Å². The van der Waals surface area contributed by atoms with Crippen LogP contribution in [0.1, 0.15) is 5.56 Å². The summed E-state index contributed by atoms with van der Waals surface area (Å²) < 4.78 is 10.8. The first-order chi connectivity index (χ1) is 14.5. The summed E-state index contributed by atoms with van der Waals surface area (Å²) in [5.74, 6) is 1.01. The molecule has 0 bridgehead atoms. The van der Waals surface area contributed by atoms with E-state index in [4.69, 9.17) is 21.1 Å². The largest absolute Gasteiger partial charge is 0.495 e. The summed E-state index contributed by atoms with van der Waals surface area (Å²) in [6.07, 6.45) is 0. The molecule has 2 aliphatic rings. The van der Waals surface area contributed by atoms with Crippen molar-refractivity contribution in [3.63, 3.8) is 0 Å². The average molecular weight is 430 g/mol. The Morgan fingerprint density at radius 1 is 1.13 bits per heavy atom. The fourth-order valence-electron chi connectivity index (χ4n) is 3.78.